The summed E-state index contributed by atoms with van der Waals surface area (Å²) in [6, 6.07) is 19.7. The third-order valence-electron chi connectivity index (χ3n) is 4.54. The maximum Gasteiger partial charge on any atom is 0.316 e. The first kappa shape index (κ1) is 14.7. The number of rotatable bonds is 5. The molecule has 120 valence electrons. The summed E-state index contributed by atoms with van der Waals surface area (Å²) < 4.78 is 7.38. The van der Waals surface area contributed by atoms with E-state index in [2.05, 4.69) is 5.10 Å². The predicted molar refractivity (Wildman–Crippen MR) is 90.7 cm³/mol. The molecule has 0 spiro atoms. The summed E-state index contributed by atoms with van der Waals surface area (Å²) in [5.74, 6) is -0.121. The Labute approximate surface area is 140 Å². The molecule has 1 aromatic heterocycles. The van der Waals surface area contributed by atoms with Crippen molar-refractivity contribution in [2.24, 2.45) is 0 Å². The number of hydrogen-bond donors (Lipinski definition) is 0. The number of ether oxygens (including phenoxy) is 1. The molecular weight excluding hydrogens is 300 g/mol. The summed E-state index contributed by atoms with van der Waals surface area (Å²) >= 11 is 0. The fraction of sp³-hybridized carbons (Fsp3) is 0.200. The Morgan fingerprint density at radius 3 is 2.42 bits per heavy atom. The minimum Gasteiger partial charge on any atom is -0.460 e. The van der Waals surface area contributed by atoms with Crippen LogP contribution in [0.2, 0.25) is 0 Å². The SMILES string of the molecule is O=C(OCc1ccc(-n2cccn2)cc1)C1(c2ccccc2)CC1. The molecule has 4 heteroatoms. The third kappa shape index (κ3) is 2.71. The Kier molecular flexibility index (Phi) is 3.65. The molecular formula is C20H18N2O2. The lowest BCUT2D eigenvalue weighted by Gasteiger charge is -2.15. The Hall–Kier alpha value is -2.88. The van der Waals surface area contributed by atoms with Gasteiger partial charge in [-0.2, -0.15) is 5.10 Å². The van der Waals surface area contributed by atoms with Gasteiger partial charge in [0, 0.05) is 12.4 Å². The van der Waals surface area contributed by atoms with Crippen LogP contribution in [0.1, 0.15) is 24.0 Å². The van der Waals surface area contributed by atoms with Crippen molar-refractivity contribution in [3.05, 3.63) is 84.2 Å². The minimum absolute atomic E-state index is 0.121. The first-order chi connectivity index (χ1) is 11.8. The van der Waals surface area contributed by atoms with Crippen molar-refractivity contribution >= 4 is 5.97 Å². The van der Waals surface area contributed by atoms with E-state index in [1.54, 1.807) is 10.9 Å². The van der Waals surface area contributed by atoms with Gasteiger partial charge in [0.1, 0.15) is 6.61 Å². The van der Waals surface area contributed by atoms with Crippen LogP contribution in [-0.2, 0) is 21.6 Å². The number of carbonyl (C=O) groups is 1. The summed E-state index contributed by atoms with van der Waals surface area (Å²) in [6.07, 6.45) is 5.38. The summed E-state index contributed by atoms with van der Waals surface area (Å²) in [6.45, 7) is 0.298. The van der Waals surface area contributed by atoms with E-state index in [0.717, 1.165) is 29.7 Å². The number of esters is 1. The van der Waals surface area contributed by atoms with Crippen LogP contribution in [0.4, 0.5) is 0 Å². The van der Waals surface area contributed by atoms with E-state index in [4.69, 9.17) is 4.74 Å². The second-order valence-corrected chi connectivity index (χ2v) is 6.14. The Morgan fingerprint density at radius 2 is 1.79 bits per heavy atom. The van der Waals surface area contributed by atoms with Gasteiger partial charge in [0.15, 0.2) is 0 Å². The highest BCUT2D eigenvalue weighted by atomic mass is 16.5. The summed E-state index contributed by atoms with van der Waals surface area (Å²) in [5.41, 5.74) is 2.60. The van der Waals surface area contributed by atoms with E-state index in [9.17, 15) is 4.79 Å². The van der Waals surface area contributed by atoms with Crippen LogP contribution in [0.15, 0.2) is 73.1 Å². The van der Waals surface area contributed by atoms with Crippen molar-refractivity contribution in [1.29, 1.82) is 0 Å². The van der Waals surface area contributed by atoms with Gasteiger partial charge < -0.3 is 4.74 Å². The zero-order valence-corrected chi connectivity index (χ0v) is 13.3. The van der Waals surface area contributed by atoms with Crippen molar-refractivity contribution in [2.45, 2.75) is 24.9 Å². The molecule has 1 aliphatic rings. The standard InChI is InChI=1S/C20H18N2O2/c23-19(20(11-12-20)17-5-2-1-3-6-17)24-15-16-7-9-18(10-8-16)22-14-4-13-21-22/h1-10,13-14H,11-12,15H2. The zero-order chi connectivity index (χ0) is 16.4. The highest BCUT2D eigenvalue weighted by Crippen LogP contribution is 2.49. The van der Waals surface area contributed by atoms with E-state index in [1.165, 1.54) is 0 Å². The maximum atomic E-state index is 12.5. The van der Waals surface area contributed by atoms with Gasteiger partial charge in [-0.3, -0.25) is 4.79 Å². The molecule has 0 atom stereocenters. The Bertz CT molecular complexity index is 820. The molecule has 4 nitrogen and oxygen atoms in total. The zero-order valence-electron chi connectivity index (χ0n) is 13.3. The monoisotopic (exact) mass is 318 g/mol. The highest BCUT2D eigenvalue weighted by molar-refractivity contribution is 5.86. The molecule has 0 aliphatic heterocycles. The minimum atomic E-state index is -0.420. The fourth-order valence-corrected chi connectivity index (χ4v) is 2.95. The lowest BCUT2D eigenvalue weighted by atomic mass is 9.96. The smallest absolute Gasteiger partial charge is 0.316 e. The molecule has 1 heterocycles. The van der Waals surface area contributed by atoms with E-state index >= 15 is 0 Å². The van der Waals surface area contributed by atoms with Crippen LogP contribution in [0.3, 0.4) is 0 Å². The molecule has 24 heavy (non-hydrogen) atoms. The maximum absolute atomic E-state index is 12.5. The Balaban J connectivity index is 1.41. The largest absolute Gasteiger partial charge is 0.460 e. The second-order valence-electron chi connectivity index (χ2n) is 6.14. The summed E-state index contributed by atoms with van der Waals surface area (Å²) in [4.78, 5) is 12.5. The third-order valence-corrected chi connectivity index (χ3v) is 4.54. The molecule has 3 aromatic rings. The number of hydrogen-bond acceptors (Lipinski definition) is 3. The van der Waals surface area contributed by atoms with Gasteiger partial charge in [0.25, 0.3) is 0 Å². The van der Waals surface area contributed by atoms with E-state index in [1.807, 2.05) is 66.9 Å². The molecule has 1 aliphatic carbocycles. The Morgan fingerprint density at radius 1 is 1.04 bits per heavy atom. The molecule has 0 saturated heterocycles. The van der Waals surface area contributed by atoms with Crippen molar-refractivity contribution in [1.82, 2.24) is 9.78 Å². The van der Waals surface area contributed by atoms with Gasteiger partial charge in [-0.1, -0.05) is 42.5 Å². The van der Waals surface area contributed by atoms with Gasteiger partial charge in [0.05, 0.1) is 11.1 Å². The summed E-state index contributed by atoms with van der Waals surface area (Å²) in [5, 5.41) is 4.20. The fourth-order valence-electron chi connectivity index (χ4n) is 2.95. The van der Waals surface area contributed by atoms with Crippen LogP contribution >= 0.6 is 0 Å². The molecule has 0 radical (unpaired) electrons. The number of nitrogens with zero attached hydrogens (tertiary/aromatic N) is 2. The van der Waals surface area contributed by atoms with Gasteiger partial charge in [-0.05, 0) is 42.2 Å². The van der Waals surface area contributed by atoms with Crippen LogP contribution in [0, 0.1) is 0 Å². The molecule has 4 rings (SSSR count). The lowest BCUT2D eigenvalue weighted by Crippen LogP contribution is -2.23. The quantitative estimate of drug-likeness (QED) is 0.675. The van der Waals surface area contributed by atoms with Gasteiger partial charge in [0.2, 0.25) is 0 Å². The van der Waals surface area contributed by atoms with Crippen LogP contribution in [0.25, 0.3) is 5.69 Å². The first-order valence-electron chi connectivity index (χ1n) is 8.10. The summed E-state index contributed by atoms with van der Waals surface area (Å²) in [7, 11) is 0. The normalized spacial score (nSPS) is 15.0. The first-order valence-corrected chi connectivity index (χ1v) is 8.10. The molecule has 1 saturated carbocycles. The number of carbonyl (C=O) groups excluding carboxylic acids is 1. The average Bonchev–Trinajstić information content (AvgIpc) is 3.28. The van der Waals surface area contributed by atoms with Gasteiger partial charge in [-0.25, -0.2) is 4.68 Å². The molecule has 0 bridgehead atoms. The van der Waals surface area contributed by atoms with Crippen LogP contribution in [0.5, 0.6) is 0 Å². The van der Waals surface area contributed by atoms with Crippen molar-refractivity contribution in [3.63, 3.8) is 0 Å². The molecule has 0 N–H and O–H groups in total. The van der Waals surface area contributed by atoms with Gasteiger partial charge >= 0.3 is 5.97 Å². The molecule has 2 aromatic carbocycles. The molecule has 0 amide bonds. The highest BCUT2D eigenvalue weighted by Gasteiger charge is 2.52. The number of aromatic nitrogens is 2. The topological polar surface area (TPSA) is 44.1 Å². The van der Waals surface area contributed by atoms with Crippen molar-refractivity contribution < 1.29 is 9.53 Å². The van der Waals surface area contributed by atoms with Crippen LogP contribution in [-0.4, -0.2) is 15.7 Å². The number of benzene rings is 2. The second kappa shape index (κ2) is 5.96. The van der Waals surface area contributed by atoms with Crippen LogP contribution < -0.4 is 0 Å². The van der Waals surface area contributed by atoms with E-state index in [-0.39, 0.29) is 5.97 Å². The van der Waals surface area contributed by atoms with Crippen molar-refractivity contribution in [3.8, 4) is 5.69 Å². The van der Waals surface area contributed by atoms with Gasteiger partial charge in [-0.15, -0.1) is 0 Å². The van der Waals surface area contributed by atoms with Crippen molar-refractivity contribution in [2.75, 3.05) is 0 Å². The molecule has 1 fully saturated rings. The average molecular weight is 318 g/mol. The van der Waals surface area contributed by atoms with E-state index in [0.29, 0.717) is 6.61 Å². The van der Waals surface area contributed by atoms with E-state index < -0.39 is 5.41 Å². The lowest BCUT2D eigenvalue weighted by molar-refractivity contribution is -0.148. The predicted octanol–water partition coefficient (Wildman–Crippen LogP) is 3.65. The molecule has 0 unspecified atom stereocenters.